The van der Waals surface area contributed by atoms with Crippen molar-refractivity contribution in [2.45, 2.75) is 0 Å². The van der Waals surface area contributed by atoms with E-state index in [2.05, 4.69) is 4.98 Å². The molecular formula is C12H9NO2S. The van der Waals surface area contributed by atoms with E-state index in [-0.39, 0.29) is 0 Å². The van der Waals surface area contributed by atoms with Crippen LogP contribution in [0.25, 0.3) is 11.6 Å². The molecule has 0 unspecified atom stereocenters. The molecule has 1 N–H and O–H groups in total. The maximum atomic E-state index is 11.1. The topological polar surface area (TPSA) is 50.2 Å². The van der Waals surface area contributed by atoms with E-state index in [1.54, 1.807) is 36.7 Å². The van der Waals surface area contributed by atoms with Gasteiger partial charge in [-0.25, -0.2) is 4.79 Å². The first-order valence-electron chi connectivity index (χ1n) is 4.66. The molecule has 0 spiro atoms. The van der Waals surface area contributed by atoms with Crippen LogP contribution in [0.3, 0.4) is 0 Å². The molecule has 80 valence electrons. The smallest absolute Gasteiger partial charge is 0.337 e. The van der Waals surface area contributed by atoms with E-state index >= 15 is 0 Å². The van der Waals surface area contributed by atoms with E-state index in [0.29, 0.717) is 5.57 Å². The Labute approximate surface area is 96.7 Å². The lowest BCUT2D eigenvalue weighted by Gasteiger charge is -1.99. The first-order chi connectivity index (χ1) is 7.77. The first kappa shape index (κ1) is 10.6. The van der Waals surface area contributed by atoms with E-state index in [1.165, 1.54) is 11.3 Å². The van der Waals surface area contributed by atoms with Crippen LogP contribution in [0, 0.1) is 0 Å². The molecule has 0 atom stereocenters. The van der Waals surface area contributed by atoms with Gasteiger partial charge in [0.1, 0.15) is 0 Å². The summed E-state index contributed by atoms with van der Waals surface area (Å²) in [5, 5.41) is 11.0. The highest BCUT2D eigenvalue weighted by Gasteiger charge is 2.10. The van der Waals surface area contributed by atoms with Crippen LogP contribution in [-0.4, -0.2) is 16.1 Å². The highest BCUT2D eigenvalue weighted by molar-refractivity contribution is 7.11. The number of pyridine rings is 1. The quantitative estimate of drug-likeness (QED) is 0.826. The molecule has 3 nitrogen and oxygen atoms in total. The fourth-order valence-corrected chi connectivity index (χ4v) is 2.03. The van der Waals surface area contributed by atoms with E-state index in [0.717, 1.165) is 10.4 Å². The first-order valence-corrected chi connectivity index (χ1v) is 5.54. The molecule has 2 aromatic rings. The van der Waals surface area contributed by atoms with Gasteiger partial charge < -0.3 is 5.11 Å². The van der Waals surface area contributed by atoms with Crippen LogP contribution in [0.5, 0.6) is 0 Å². The Morgan fingerprint density at radius 1 is 1.31 bits per heavy atom. The minimum absolute atomic E-state index is 0.307. The summed E-state index contributed by atoms with van der Waals surface area (Å²) in [6, 6.07) is 7.18. The third-order valence-electron chi connectivity index (χ3n) is 2.03. The van der Waals surface area contributed by atoms with Gasteiger partial charge in [-0.1, -0.05) is 6.07 Å². The van der Waals surface area contributed by atoms with Crippen molar-refractivity contribution >= 4 is 29.0 Å². The average molecular weight is 231 g/mol. The molecular weight excluding hydrogens is 222 g/mol. The number of carbonyl (C=O) groups is 1. The minimum atomic E-state index is -0.917. The lowest BCUT2D eigenvalue weighted by Crippen LogP contribution is -1.97. The lowest BCUT2D eigenvalue weighted by atomic mass is 10.1. The Hall–Kier alpha value is -1.94. The second kappa shape index (κ2) is 4.72. The highest BCUT2D eigenvalue weighted by Crippen LogP contribution is 2.22. The van der Waals surface area contributed by atoms with Gasteiger partial charge in [0.2, 0.25) is 0 Å². The van der Waals surface area contributed by atoms with Crippen molar-refractivity contribution in [2.75, 3.05) is 0 Å². The molecule has 2 heterocycles. The molecule has 4 heteroatoms. The number of rotatable bonds is 3. The molecule has 0 aliphatic carbocycles. The monoisotopic (exact) mass is 231 g/mol. The lowest BCUT2D eigenvalue weighted by molar-refractivity contribution is -0.130. The zero-order valence-electron chi connectivity index (χ0n) is 8.33. The molecule has 0 saturated carbocycles. The Morgan fingerprint density at radius 3 is 2.62 bits per heavy atom. The van der Waals surface area contributed by atoms with E-state index in [1.807, 2.05) is 11.4 Å². The zero-order chi connectivity index (χ0) is 11.4. The molecule has 0 radical (unpaired) electrons. The SMILES string of the molecule is O=C(O)/C(=C/c1ccncc1)c1cccs1. The van der Waals surface area contributed by atoms with Gasteiger partial charge in [-0.15, -0.1) is 11.3 Å². The molecule has 0 aromatic carbocycles. The molecule has 16 heavy (non-hydrogen) atoms. The second-order valence-electron chi connectivity index (χ2n) is 3.12. The number of carboxylic acid groups (broad SMARTS) is 1. The number of nitrogens with zero attached hydrogens (tertiary/aromatic N) is 1. The predicted molar refractivity (Wildman–Crippen MR) is 64.1 cm³/mol. The van der Waals surface area contributed by atoms with Crippen LogP contribution < -0.4 is 0 Å². The standard InChI is InChI=1S/C12H9NO2S/c14-12(15)10(11-2-1-7-16-11)8-9-3-5-13-6-4-9/h1-8H,(H,14,15)/b10-8+. The number of thiophene rings is 1. The number of hydrogen-bond donors (Lipinski definition) is 1. The minimum Gasteiger partial charge on any atom is -0.478 e. The molecule has 0 amide bonds. The Morgan fingerprint density at radius 2 is 2.06 bits per heavy atom. The van der Waals surface area contributed by atoms with Crippen LogP contribution in [0.1, 0.15) is 10.4 Å². The van der Waals surface area contributed by atoms with Crippen LogP contribution in [-0.2, 0) is 4.79 Å². The molecule has 0 fully saturated rings. The zero-order valence-corrected chi connectivity index (χ0v) is 9.15. The Kier molecular flexibility index (Phi) is 3.12. The van der Waals surface area contributed by atoms with Crippen molar-refractivity contribution in [3.8, 4) is 0 Å². The summed E-state index contributed by atoms with van der Waals surface area (Å²) in [6.07, 6.45) is 4.93. The predicted octanol–water partition coefficient (Wildman–Crippen LogP) is 2.77. The van der Waals surface area contributed by atoms with Crippen LogP contribution in [0.2, 0.25) is 0 Å². The summed E-state index contributed by atoms with van der Waals surface area (Å²) < 4.78 is 0. The van der Waals surface area contributed by atoms with Gasteiger partial charge >= 0.3 is 5.97 Å². The normalized spacial score (nSPS) is 11.4. The van der Waals surface area contributed by atoms with Crippen LogP contribution >= 0.6 is 11.3 Å². The van der Waals surface area contributed by atoms with Crippen molar-refractivity contribution in [2.24, 2.45) is 0 Å². The molecule has 0 aliphatic rings. The molecule has 0 bridgehead atoms. The van der Waals surface area contributed by atoms with Gasteiger partial charge in [0.15, 0.2) is 0 Å². The van der Waals surface area contributed by atoms with Crippen molar-refractivity contribution < 1.29 is 9.90 Å². The summed E-state index contributed by atoms with van der Waals surface area (Å²) in [5.74, 6) is -0.917. The third kappa shape index (κ3) is 2.35. The van der Waals surface area contributed by atoms with Gasteiger partial charge in [-0.2, -0.15) is 0 Å². The van der Waals surface area contributed by atoms with Crippen LogP contribution in [0.15, 0.2) is 42.0 Å². The van der Waals surface area contributed by atoms with Gasteiger partial charge in [0.05, 0.1) is 5.57 Å². The molecule has 2 aromatic heterocycles. The fourth-order valence-electron chi connectivity index (χ4n) is 1.30. The largest absolute Gasteiger partial charge is 0.478 e. The van der Waals surface area contributed by atoms with Gasteiger partial charge in [0, 0.05) is 17.3 Å². The van der Waals surface area contributed by atoms with Gasteiger partial charge in [-0.3, -0.25) is 4.98 Å². The van der Waals surface area contributed by atoms with E-state index in [4.69, 9.17) is 5.11 Å². The summed E-state index contributed by atoms with van der Waals surface area (Å²) in [6.45, 7) is 0. The average Bonchev–Trinajstić information content (AvgIpc) is 2.80. The molecule has 0 saturated heterocycles. The van der Waals surface area contributed by atoms with Gasteiger partial charge in [-0.05, 0) is 35.2 Å². The summed E-state index contributed by atoms with van der Waals surface area (Å²) >= 11 is 1.41. The van der Waals surface area contributed by atoms with Gasteiger partial charge in [0.25, 0.3) is 0 Å². The molecule has 2 rings (SSSR count). The van der Waals surface area contributed by atoms with Crippen molar-refractivity contribution in [3.63, 3.8) is 0 Å². The number of aliphatic carboxylic acids is 1. The van der Waals surface area contributed by atoms with E-state index < -0.39 is 5.97 Å². The van der Waals surface area contributed by atoms with Crippen LogP contribution in [0.4, 0.5) is 0 Å². The second-order valence-corrected chi connectivity index (χ2v) is 4.07. The highest BCUT2D eigenvalue weighted by atomic mass is 32.1. The van der Waals surface area contributed by atoms with Crippen molar-refractivity contribution in [3.05, 3.63) is 52.5 Å². The fraction of sp³-hybridized carbons (Fsp3) is 0. The Bertz CT molecular complexity index is 503. The van der Waals surface area contributed by atoms with Crippen molar-refractivity contribution in [1.82, 2.24) is 4.98 Å². The summed E-state index contributed by atoms with van der Waals surface area (Å²) in [4.78, 5) is 15.8. The Balaban J connectivity index is 2.42. The number of hydrogen-bond acceptors (Lipinski definition) is 3. The molecule has 0 aliphatic heterocycles. The number of carboxylic acids is 1. The summed E-state index contributed by atoms with van der Waals surface area (Å²) in [7, 11) is 0. The summed E-state index contributed by atoms with van der Waals surface area (Å²) in [5.41, 5.74) is 1.14. The number of aromatic nitrogens is 1. The maximum absolute atomic E-state index is 11.1. The maximum Gasteiger partial charge on any atom is 0.337 e. The van der Waals surface area contributed by atoms with E-state index in [9.17, 15) is 4.79 Å². The third-order valence-corrected chi connectivity index (χ3v) is 2.94. The van der Waals surface area contributed by atoms with Crippen molar-refractivity contribution in [1.29, 1.82) is 0 Å².